The summed E-state index contributed by atoms with van der Waals surface area (Å²) >= 11 is 0. The van der Waals surface area contributed by atoms with Crippen LogP contribution in [0.3, 0.4) is 0 Å². The fourth-order valence-electron chi connectivity index (χ4n) is 1.87. The number of aromatic nitrogens is 2. The second-order valence-corrected chi connectivity index (χ2v) is 4.30. The smallest absolute Gasteiger partial charge is 0.332 e. The van der Waals surface area contributed by atoms with Crippen LogP contribution < -0.4 is 11.1 Å². The summed E-state index contributed by atoms with van der Waals surface area (Å²) < 4.78 is 0. The first-order chi connectivity index (χ1) is 8.08. The number of nitro groups is 1. The Morgan fingerprint density at radius 2 is 2.24 bits per heavy atom. The quantitative estimate of drug-likeness (QED) is 0.606. The zero-order valence-electron chi connectivity index (χ0n) is 9.64. The SMILES string of the molecule is Cc1nc(N)nc(NCC2CCC2)c1[N+](=O)[O-]. The third kappa shape index (κ3) is 2.43. The summed E-state index contributed by atoms with van der Waals surface area (Å²) in [5.74, 6) is 0.877. The van der Waals surface area contributed by atoms with E-state index in [0.29, 0.717) is 18.2 Å². The van der Waals surface area contributed by atoms with Gasteiger partial charge in [-0.3, -0.25) is 10.1 Å². The topological polar surface area (TPSA) is 107 Å². The van der Waals surface area contributed by atoms with Crippen molar-refractivity contribution < 1.29 is 4.92 Å². The number of aryl methyl sites for hydroxylation is 1. The van der Waals surface area contributed by atoms with E-state index in [1.54, 1.807) is 6.92 Å². The number of nitrogen functional groups attached to an aromatic ring is 1. The van der Waals surface area contributed by atoms with Gasteiger partial charge in [-0.15, -0.1) is 0 Å². The molecule has 1 aliphatic rings. The van der Waals surface area contributed by atoms with E-state index in [-0.39, 0.29) is 17.5 Å². The van der Waals surface area contributed by atoms with Gasteiger partial charge in [-0.2, -0.15) is 4.98 Å². The number of nitrogens with two attached hydrogens (primary N) is 1. The van der Waals surface area contributed by atoms with Gasteiger partial charge in [-0.25, -0.2) is 4.98 Å². The molecule has 7 nitrogen and oxygen atoms in total. The molecule has 0 bridgehead atoms. The first-order valence-corrected chi connectivity index (χ1v) is 5.60. The van der Waals surface area contributed by atoms with Gasteiger partial charge in [0, 0.05) is 6.54 Å². The lowest BCUT2D eigenvalue weighted by Crippen LogP contribution is -2.22. The molecule has 0 unspecified atom stereocenters. The number of hydrogen-bond acceptors (Lipinski definition) is 6. The van der Waals surface area contributed by atoms with Crippen molar-refractivity contribution in [1.82, 2.24) is 9.97 Å². The summed E-state index contributed by atoms with van der Waals surface area (Å²) in [4.78, 5) is 18.2. The first-order valence-electron chi connectivity index (χ1n) is 5.60. The van der Waals surface area contributed by atoms with Gasteiger partial charge in [0.05, 0.1) is 4.92 Å². The average Bonchev–Trinajstić information content (AvgIpc) is 2.12. The molecule has 0 radical (unpaired) electrons. The third-order valence-corrected chi connectivity index (χ3v) is 3.04. The lowest BCUT2D eigenvalue weighted by Gasteiger charge is -2.25. The summed E-state index contributed by atoms with van der Waals surface area (Å²) in [5, 5.41) is 13.9. The normalized spacial score (nSPS) is 15.4. The van der Waals surface area contributed by atoms with Crippen molar-refractivity contribution in [2.24, 2.45) is 5.92 Å². The van der Waals surface area contributed by atoms with Crippen molar-refractivity contribution in [3.63, 3.8) is 0 Å². The van der Waals surface area contributed by atoms with Gasteiger partial charge in [0.25, 0.3) is 0 Å². The molecule has 0 saturated heterocycles. The lowest BCUT2D eigenvalue weighted by molar-refractivity contribution is -0.385. The van der Waals surface area contributed by atoms with E-state index in [2.05, 4.69) is 15.3 Å². The van der Waals surface area contributed by atoms with Gasteiger partial charge in [0.1, 0.15) is 5.69 Å². The molecule has 1 aromatic heterocycles. The highest BCUT2D eigenvalue weighted by atomic mass is 16.6. The number of nitrogens with one attached hydrogen (secondary N) is 1. The Kier molecular flexibility index (Phi) is 3.08. The molecule has 0 atom stereocenters. The second-order valence-electron chi connectivity index (χ2n) is 4.30. The Morgan fingerprint density at radius 1 is 1.53 bits per heavy atom. The molecule has 2 rings (SSSR count). The Balaban J connectivity index is 2.20. The molecule has 92 valence electrons. The largest absolute Gasteiger partial charge is 0.368 e. The van der Waals surface area contributed by atoms with Gasteiger partial charge < -0.3 is 11.1 Å². The van der Waals surface area contributed by atoms with E-state index < -0.39 is 4.92 Å². The van der Waals surface area contributed by atoms with Crippen LogP contribution in [0, 0.1) is 23.0 Å². The van der Waals surface area contributed by atoms with Gasteiger partial charge in [0.2, 0.25) is 11.8 Å². The standard InChI is InChI=1S/C10H15N5O2/c1-6-8(15(16)17)9(14-10(11)13-6)12-5-7-3-2-4-7/h7H,2-5H2,1H3,(H3,11,12,13,14). The van der Waals surface area contributed by atoms with Crippen molar-refractivity contribution in [2.75, 3.05) is 17.6 Å². The molecule has 0 spiro atoms. The maximum atomic E-state index is 10.9. The molecule has 1 aliphatic carbocycles. The van der Waals surface area contributed by atoms with Crippen LogP contribution in [0.5, 0.6) is 0 Å². The van der Waals surface area contributed by atoms with Crippen molar-refractivity contribution in [3.8, 4) is 0 Å². The molecular formula is C10H15N5O2. The fraction of sp³-hybridized carbons (Fsp3) is 0.600. The van der Waals surface area contributed by atoms with Gasteiger partial charge >= 0.3 is 5.69 Å². The van der Waals surface area contributed by atoms with Crippen LogP contribution in [-0.2, 0) is 0 Å². The van der Waals surface area contributed by atoms with E-state index in [1.807, 2.05) is 0 Å². The van der Waals surface area contributed by atoms with E-state index in [4.69, 9.17) is 5.73 Å². The molecule has 17 heavy (non-hydrogen) atoms. The maximum Gasteiger partial charge on any atom is 0.332 e. The molecule has 0 aromatic carbocycles. The second kappa shape index (κ2) is 4.52. The van der Waals surface area contributed by atoms with Crippen LogP contribution in [0.25, 0.3) is 0 Å². The molecule has 1 saturated carbocycles. The highest BCUT2D eigenvalue weighted by Gasteiger charge is 2.23. The van der Waals surface area contributed by atoms with Crippen LogP contribution >= 0.6 is 0 Å². The number of anilines is 2. The third-order valence-electron chi connectivity index (χ3n) is 3.04. The summed E-state index contributed by atoms with van der Waals surface area (Å²) in [6.45, 7) is 2.27. The Hall–Kier alpha value is -1.92. The number of hydrogen-bond donors (Lipinski definition) is 2. The number of nitrogens with zero attached hydrogens (tertiary/aromatic N) is 3. The van der Waals surface area contributed by atoms with Crippen molar-refractivity contribution in [2.45, 2.75) is 26.2 Å². The predicted molar refractivity (Wildman–Crippen MR) is 63.7 cm³/mol. The van der Waals surface area contributed by atoms with E-state index in [1.165, 1.54) is 19.3 Å². The highest BCUT2D eigenvalue weighted by molar-refractivity contribution is 5.60. The zero-order valence-corrected chi connectivity index (χ0v) is 9.64. The van der Waals surface area contributed by atoms with Crippen LogP contribution in [-0.4, -0.2) is 21.4 Å². The van der Waals surface area contributed by atoms with Crippen molar-refractivity contribution in [1.29, 1.82) is 0 Å². The molecule has 3 N–H and O–H groups in total. The van der Waals surface area contributed by atoms with E-state index in [9.17, 15) is 10.1 Å². The van der Waals surface area contributed by atoms with Crippen molar-refractivity contribution in [3.05, 3.63) is 15.8 Å². The predicted octanol–water partition coefficient (Wildman–Crippen LogP) is 1.49. The summed E-state index contributed by atoms with van der Waals surface area (Å²) in [6, 6.07) is 0. The molecule has 1 heterocycles. The highest BCUT2D eigenvalue weighted by Crippen LogP contribution is 2.29. The average molecular weight is 237 g/mol. The van der Waals surface area contributed by atoms with Crippen LogP contribution in [0.15, 0.2) is 0 Å². The van der Waals surface area contributed by atoms with Crippen LogP contribution in [0.2, 0.25) is 0 Å². The van der Waals surface area contributed by atoms with Crippen LogP contribution in [0.4, 0.5) is 17.5 Å². The summed E-state index contributed by atoms with van der Waals surface area (Å²) in [7, 11) is 0. The van der Waals surface area contributed by atoms with Gasteiger partial charge in [-0.05, 0) is 25.7 Å². The summed E-state index contributed by atoms with van der Waals surface area (Å²) in [5.41, 5.74) is 5.70. The monoisotopic (exact) mass is 237 g/mol. The summed E-state index contributed by atoms with van der Waals surface area (Å²) in [6.07, 6.45) is 3.57. The zero-order chi connectivity index (χ0) is 12.4. The first kappa shape index (κ1) is 11.6. The lowest BCUT2D eigenvalue weighted by atomic mass is 9.85. The molecule has 1 aromatic rings. The minimum Gasteiger partial charge on any atom is -0.368 e. The minimum atomic E-state index is -0.474. The van der Waals surface area contributed by atoms with E-state index in [0.717, 1.165) is 0 Å². The van der Waals surface area contributed by atoms with E-state index >= 15 is 0 Å². The molecule has 1 fully saturated rings. The van der Waals surface area contributed by atoms with Crippen LogP contribution in [0.1, 0.15) is 25.0 Å². The Labute approximate surface area is 98.6 Å². The molecule has 0 aliphatic heterocycles. The minimum absolute atomic E-state index is 0.0595. The van der Waals surface area contributed by atoms with Gasteiger partial charge in [-0.1, -0.05) is 6.42 Å². The Bertz CT molecular complexity index is 445. The fourth-order valence-corrected chi connectivity index (χ4v) is 1.87. The number of rotatable bonds is 4. The van der Waals surface area contributed by atoms with Gasteiger partial charge in [0.15, 0.2) is 0 Å². The Morgan fingerprint density at radius 3 is 2.76 bits per heavy atom. The molecular weight excluding hydrogens is 222 g/mol. The van der Waals surface area contributed by atoms with Crippen molar-refractivity contribution >= 4 is 17.5 Å². The molecule has 0 amide bonds. The molecule has 7 heteroatoms. The maximum absolute atomic E-state index is 10.9.